The van der Waals surface area contributed by atoms with Crippen LogP contribution in [-0.4, -0.2) is 45.5 Å². The summed E-state index contributed by atoms with van der Waals surface area (Å²) in [5, 5.41) is 8.68. The normalized spacial score (nSPS) is 10.6. The van der Waals surface area contributed by atoms with Gasteiger partial charge >= 0.3 is 11.9 Å². The van der Waals surface area contributed by atoms with Crippen molar-refractivity contribution in [2.45, 2.75) is 19.3 Å². The maximum absolute atomic E-state index is 12.0. The fourth-order valence-electron chi connectivity index (χ4n) is 2.82. The smallest absolute Gasteiger partial charge is 0.311 e. The van der Waals surface area contributed by atoms with E-state index in [1.807, 2.05) is 30.4 Å². The Morgan fingerprint density at radius 3 is 1.90 bits per heavy atom. The molecule has 166 valence electrons. The van der Waals surface area contributed by atoms with Crippen LogP contribution < -0.4 is 23.7 Å². The third-order valence-corrected chi connectivity index (χ3v) is 4.34. The zero-order valence-electron chi connectivity index (χ0n) is 18.0. The van der Waals surface area contributed by atoms with Gasteiger partial charge in [0.1, 0.15) is 0 Å². The topological polar surface area (TPSA) is 101 Å². The molecule has 0 aliphatic rings. The molecule has 0 saturated heterocycles. The number of carboxylic acid groups (broad SMARTS) is 1. The summed E-state index contributed by atoms with van der Waals surface area (Å²) < 4.78 is 26.7. The average Bonchev–Trinajstić information content (AvgIpc) is 2.76. The van der Waals surface area contributed by atoms with Gasteiger partial charge in [0.2, 0.25) is 5.75 Å². The lowest BCUT2D eigenvalue weighted by molar-refractivity contribution is -0.137. The zero-order chi connectivity index (χ0) is 22.8. The van der Waals surface area contributed by atoms with E-state index in [0.717, 1.165) is 11.1 Å². The molecule has 31 heavy (non-hydrogen) atoms. The Hall–Kier alpha value is -3.68. The van der Waals surface area contributed by atoms with E-state index in [-0.39, 0.29) is 25.0 Å². The van der Waals surface area contributed by atoms with Crippen molar-refractivity contribution in [2.75, 3.05) is 28.4 Å². The van der Waals surface area contributed by atoms with Gasteiger partial charge < -0.3 is 28.8 Å². The van der Waals surface area contributed by atoms with Crippen molar-refractivity contribution in [3.63, 3.8) is 0 Å². The molecule has 0 aliphatic carbocycles. The van der Waals surface area contributed by atoms with Crippen molar-refractivity contribution < 1.29 is 38.4 Å². The lowest BCUT2D eigenvalue weighted by atomic mass is 10.1. The van der Waals surface area contributed by atoms with E-state index in [9.17, 15) is 9.59 Å². The molecule has 8 nitrogen and oxygen atoms in total. The van der Waals surface area contributed by atoms with E-state index in [4.69, 9.17) is 28.8 Å². The summed E-state index contributed by atoms with van der Waals surface area (Å²) in [6, 6.07) is 8.79. The number of aliphatic carboxylic acids is 1. The van der Waals surface area contributed by atoms with E-state index in [1.165, 1.54) is 14.2 Å². The number of ether oxygens (including phenoxy) is 5. The Morgan fingerprint density at radius 1 is 0.774 bits per heavy atom. The molecule has 8 heteroatoms. The number of benzene rings is 2. The van der Waals surface area contributed by atoms with Crippen LogP contribution in [-0.2, 0) is 9.59 Å². The summed E-state index contributed by atoms with van der Waals surface area (Å²) in [5.74, 6) is 0.754. The van der Waals surface area contributed by atoms with E-state index in [1.54, 1.807) is 26.4 Å². The molecule has 0 saturated carbocycles. The molecular weight excluding hydrogens is 404 g/mol. The Balaban J connectivity index is 2.22. The first kappa shape index (κ1) is 23.6. The van der Waals surface area contributed by atoms with E-state index < -0.39 is 11.9 Å². The van der Waals surface area contributed by atoms with Crippen LogP contribution in [0.4, 0.5) is 0 Å². The molecule has 2 aromatic rings. The number of rotatable bonds is 11. The highest BCUT2D eigenvalue weighted by atomic mass is 16.6. The van der Waals surface area contributed by atoms with Crippen molar-refractivity contribution in [2.24, 2.45) is 0 Å². The zero-order valence-corrected chi connectivity index (χ0v) is 18.0. The lowest BCUT2D eigenvalue weighted by Gasteiger charge is -2.13. The van der Waals surface area contributed by atoms with Crippen LogP contribution in [0.2, 0.25) is 0 Å². The lowest BCUT2D eigenvalue weighted by Crippen LogP contribution is -2.09. The largest absolute Gasteiger partial charge is 0.493 e. The second-order valence-corrected chi connectivity index (χ2v) is 6.42. The van der Waals surface area contributed by atoms with E-state index in [0.29, 0.717) is 23.0 Å². The first-order valence-electron chi connectivity index (χ1n) is 9.50. The van der Waals surface area contributed by atoms with E-state index >= 15 is 0 Å². The standard InChI is InChI=1S/C23H26O8/c1-27-17-11-10-15(12-18(17)31-22(26)7-5-6-21(24)25)8-9-16-13-19(28-2)23(30-4)20(14-16)29-3/h8-14H,5-7H2,1-4H3,(H,24,25)/b9-8-. The summed E-state index contributed by atoms with van der Waals surface area (Å²) in [7, 11) is 6.11. The third kappa shape index (κ3) is 6.67. The molecule has 0 bridgehead atoms. The molecule has 0 aliphatic heterocycles. The molecule has 0 fully saturated rings. The molecule has 0 aromatic heterocycles. The van der Waals surface area contributed by atoms with Crippen LogP contribution in [0.1, 0.15) is 30.4 Å². The van der Waals surface area contributed by atoms with E-state index in [2.05, 4.69) is 0 Å². The molecule has 0 radical (unpaired) electrons. The van der Waals surface area contributed by atoms with Gasteiger partial charge in [-0.05, 0) is 41.8 Å². The summed E-state index contributed by atoms with van der Waals surface area (Å²) in [6.45, 7) is 0. The quantitative estimate of drug-likeness (QED) is 0.324. The van der Waals surface area contributed by atoms with Gasteiger partial charge in [0.05, 0.1) is 28.4 Å². The van der Waals surface area contributed by atoms with Crippen molar-refractivity contribution in [1.82, 2.24) is 0 Å². The minimum atomic E-state index is -0.954. The molecule has 0 spiro atoms. The van der Waals surface area contributed by atoms with Gasteiger partial charge in [-0.1, -0.05) is 18.2 Å². The minimum absolute atomic E-state index is 0.000951. The van der Waals surface area contributed by atoms with Crippen LogP contribution in [0.15, 0.2) is 30.3 Å². The van der Waals surface area contributed by atoms with Crippen molar-refractivity contribution in [1.29, 1.82) is 0 Å². The predicted molar refractivity (Wildman–Crippen MR) is 115 cm³/mol. The number of methoxy groups -OCH3 is 4. The Morgan fingerprint density at radius 2 is 1.35 bits per heavy atom. The Kier molecular flexibility index (Phi) is 8.75. The van der Waals surface area contributed by atoms with Gasteiger partial charge in [-0.25, -0.2) is 0 Å². The molecule has 0 unspecified atom stereocenters. The molecule has 0 heterocycles. The van der Waals surface area contributed by atoms with Crippen LogP contribution in [0.25, 0.3) is 12.2 Å². The third-order valence-electron chi connectivity index (χ3n) is 4.34. The van der Waals surface area contributed by atoms with Crippen LogP contribution in [0.3, 0.4) is 0 Å². The fourth-order valence-corrected chi connectivity index (χ4v) is 2.82. The number of carboxylic acids is 1. The Bertz CT molecular complexity index is 924. The van der Waals surface area contributed by atoms with Crippen LogP contribution in [0.5, 0.6) is 28.7 Å². The summed E-state index contributed by atoms with van der Waals surface area (Å²) >= 11 is 0. The maximum Gasteiger partial charge on any atom is 0.311 e. The first-order valence-corrected chi connectivity index (χ1v) is 9.50. The highest BCUT2D eigenvalue weighted by Gasteiger charge is 2.13. The monoisotopic (exact) mass is 430 g/mol. The number of hydrogen-bond acceptors (Lipinski definition) is 7. The number of esters is 1. The van der Waals surface area contributed by atoms with Gasteiger partial charge in [-0.3, -0.25) is 9.59 Å². The van der Waals surface area contributed by atoms with Gasteiger partial charge in [0.15, 0.2) is 23.0 Å². The molecule has 0 atom stereocenters. The molecule has 2 rings (SSSR count). The first-order chi connectivity index (χ1) is 14.9. The second-order valence-electron chi connectivity index (χ2n) is 6.42. The average molecular weight is 430 g/mol. The van der Waals surface area contributed by atoms with Crippen molar-refractivity contribution in [3.05, 3.63) is 41.5 Å². The summed E-state index contributed by atoms with van der Waals surface area (Å²) in [5.41, 5.74) is 1.58. The van der Waals surface area contributed by atoms with Gasteiger partial charge in [-0.15, -0.1) is 0 Å². The number of hydrogen-bond donors (Lipinski definition) is 1. The van der Waals surface area contributed by atoms with Gasteiger partial charge in [0, 0.05) is 12.8 Å². The molecule has 2 aromatic carbocycles. The molecule has 0 amide bonds. The van der Waals surface area contributed by atoms with Crippen molar-refractivity contribution >= 4 is 24.1 Å². The van der Waals surface area contributed by atoms with Crippen LogP contribution in [0, 0.1) is 0 Å². The predicted octanol–water partition coefficient (Wildman–Crippen LogP) is 4.05. The van der Waals surface area contributed by atoms with Crippen molar-refractivity contribution in [3.8, 4) is 28.7 Å². The minimum Gasteiger partial charge on any atom is -0.493 e. The Labute approximate surface area is 180 Å². The fraction of sp³-hybridized carbons (Fsp3) is 0.304. The highest BCUT2D eigenvalue weighted by molar-refractivity contribution is 5.77. The summed E-state index contributed by atoms with van der Waals surface area (Å²) in [4.78, 5) is 22.6. The van der Waals surface area contributed by atoms with Gasteiger partial charge in [-0.2, -0.15) is 0 Å². The molecule has 1 N–H and O–H groups in total. The maximum atomic E-state index is 12.0. The summed E-state index contributed by atoms with van der Waals surface area (Å²) in [6.07, 6.45) is 3.80. The van der Waals surface area contributed by atoms with Crippen LogP contribution >= 0.6 is 0 Å². The van der Waals surface area contributed by atoms with Gasteiger partial charge in [0.25, 0.3) is 0 Å². The second kappa shape index (κ2) is 11.5. The highest BCUT2D eigenvalue weighted by Crippen LogP contribution is 2.38. The SMILES string of the molecule is COc1ccc(/C=C\c2cc(OC)c(OC)c(OC)c2)cc1OC(=O)CCCC(=O)O. The number of carbonyl (C=O) groups is 2. The molecular formula is C23H26O8. The number of carbonyl (C=O) groups excluding carboxylic acids is 1.